The summed E-state index contributed by atoms with van der Waals surface area (Å²) in [5.41, 5.74) is 6.38. The zero-order chi connectivity index (χ0) is 12.1. The van der Waals surface area contributed by atoms with Crippen LogP contribution in [0.25, 0.3) is 0 Å². The highest BCUT2D eigenvalue weighted by molar-refractivity contribution is 6.33. The molecule has 0 aromatic heterocycles. The summed E-state index contributed by atoms with van der Waals surface area (Å²) in [5.74, 6) is -0.473. The number of hydrogen-bond acceptors (Lipinski definition) is 3. The van der Waals surface area contributed by atoms with Crippen molar-refractivity contribution in [2.45, 2.75) is 6.92 Å². The first kappa shape index (κ1) is 12.3. The fourth-order valence-electron chi connectivity index (χ4n) is 1.08. The van der Waals surface area contributed by atoms with Gasteiger partial charge in [-0.25, -0.2) is 0 Å². The number of halogens is 1. The van der Waals surface area contributed by atoms with E-state index in [9.17, 15) is 4.79 Å². The molecule has 84 valence electrons. The number of nitrogens with one attached hydrogen (secondary N) is 1. The molecule has 0 saturated heterocycles. The van der Waals surface area contributed by atoms with Crippen LogP contribution in [0.2, 0.25) is 5.02 Å². The molecule has 1 atom stereocenters. The molecule has 0 spiro atoms. The molecule has 1 rings (SSSR count). The summed E-state index contributed by atoms with van der Waals surface area (Å²) in [6.07, 6.45) is 0. The fourth-order valence-corrected chi connectivity index (χ4v) is 1.20. The van der Waals surface area contributed by atoms with Crippen molar-refractivity contribution in [3.63, 3.8) is 0 Å². The minimum atomic E-state index is -0.259. The Kier molecular flexibility index (Phi) is 4.15. The van der Waals surface area contributed by atoms with E-state index in [0.29, 0.717) is 22.8 Å². The number of nitrogens with zero attached hydrogens (tertiary/aromatic N) is 1. The van der Waals surface area contributed by atoms with Crippen molar-refractivity contribution in [2.75, 3.05) is 12.3 Å². The van der Waals surface area contributed by atoms with E-state index in [-0.39, 0.29) is 11.8 Å². The van der Waals surface area contributed by atoms with Crippen LogP contribution in [-0.2, 0) is 0 Å². The van der Waals surface area contributed by atoms with Gasteiger partial charge in [0.05, 0.1) is 22.7 Å². The lowest BCUT2D eigenvalue weighted by atomic mass is 10.1. The molecule has 0 heterocycles. The maximum Gasteiger partial charge on any atom is 0.251 e. The van der Waals surface area contributed by atoms with E-state index < -0.39 is 0 Å². The first-order valence-corrected chi connectivity index (χ1v) is 5.15. The molecule has 4 nitrogen and oxygen atoms in total. The topological polar surface area (TPSA) is 78.9 Å². The Morgan fingerprint density at radius 2 is 2.38 bits per heavy atom. The predicted molar refractivity (Wildman–Crippen MR) is 63.0 cm³/mol. The highest BCUT2D eigenvalue weighted by atomic mass is 35.5. The number of nitrogen functional groups attached to an aromatic ring is 1. The Balaban J connectivity index is 2.67. The third kappa shape index (κ3) is 3.14. The summed E-state index contributed by atoms with van der Waals surface area (Å²) in [6, 6.07) is 6.70. The van der Waals surface area contributed by atoms with Crippen molar-refractivity contribution in [3.05, 3.63) is 28.8 Å². The molecule has 3 N–H and O–H groups in total. The number of carbonyl (C=O) groups excluding carboxylic acids is 1. The second kappa shape index (κ2) is 5.38. The molecule has 16 heavy (non-hydrogen) atoms. The second-order valence-corrected chi connectivity index (χ2v) is 3.88. The molecule has 0 saturated carbocycles. The Morgan fingerprint density at radius 1 is 1.69 bits per heavy atom. The van der Waals surface area contributed by atoms with Crippen molar-refractivity contribution in [2.24, 2.45) is 5.92 Å². The maximum absolute atomic E-state index is 11.6. The Morgan fingerprint density at radius 3 is 2.94 bits per heavy atom. The van der Waals surface area contributed by atoms with Crippen LogP contribution >= 0.6 is 11.6 Å². The lowest BCUT2D eigenvalue weighted by molar-refractivity contribution is 0.0951. The van der Waals surface area contributed by atoms with E-state index in [1.807, 2.05) is 6.07 Å². The lowest BCUT2D eigenvalue weighted by Crippen LogP contribution is -2.27. The van der Waals surface area contributed by atoms with Crippen LogP contribution in [-0.4, -0.2) is 12.5 Å². The number of rotatable bonds is 3. The van der Waals surface area contributed by atoms with Gasteiger partial charge in [-0.2, -0.15) is 5.26 Å². The minimum absolute atomic E-state index is 0.214. The quantitative estimate of drug-likeness (QED) is 0.787. The Labute approximate surface area is 99.0 Å². The van der Waals surface area contributed by atoms with E-state index in [1.165, 1.54) is 6.07 Å². The van der Waals surface area contributed by atoms with Crippen molar-refractivity contribution in [3.8, 4) is 6.07 Å². The number of anilines is 1. The molecule has 1 aromatic carbocycles. The van der Waals surface area contributed by atoms with Gasteiger partial charge < -0.3 is 11.1 Å². The molecule has 0 radical (unpaired) electrons. The largest absolute Gasteiger partial charge is 0.398 e. The van der Waals surface area contributed by atoms with E-state index in [0.717, 1.165) is 0 Å². The number of benzene rings is 1. The fraction of sp³-hybridized carbons (Fsp3) is 0.273. The zero-order valence-corrected chi connectivity index (χ0v) is 9.58. The van der Waals surface area contributed by atoms with E-state index >= 15 is 0 Å². The van der Waals surface area contributed by atoms with Crippen LogP contribution in [0.4, 0.5) is 5.69 Å². The number of carbonyl (C=O) groups is 1. The van der Waals surface area contributed by atoms with Crippen LogP contribution in [0.5, 0.6) is 0 Å². The summed E-state index contributed by atoms with van der Waals surface area (Å²) < 4.78 is 0. The van der Waals surface area contributed by atoms with Crippen LogP contribution < -0.4 is 11.1 Å². The highest BCUT2D eigenvalue weighted by Gasteiger charge is 2.08. The molecule has 0 fully saturated rings. The normalized spacial score (nSPS) is 11.6. The summed E-state index contributed by atoms with van der Waals surface area (Å²) in [6.45, 7) is 2.05. The average molecular weight is 238 g/mol. The van der Waals surface area contributed by atoms with Gasteiger partial charge in [0.15, 0.2) is 0 Å². The highest BCUT2D eigenvalue weighted by Crippen LogP contribution is 2.19. The molecule has 0 aliphatic heterocycles. The minimum Gasteiger partial charge on any atom is -0.398 e. The van der Waals surface area contributed by atoms with Crippen LogP contribution in [0.15, 0.2) is 18.2 Å². The van der Waals surface area contributed by atoms with E-state index in [4.69, 9.17) is 22.6 Å². The van der Waals surface area contributed by atoms with Gasteiger partial charge in [-0.1, -0.05) is 11.6 Å². The third-order valence-electron chi connectivity index (χ3n) is 2.05. The molecular weight excluding hydrogens is 226 g/mol. The molecule has 1 amide bonds. The monoisotopic (exact) mass is 237 g/mol. The molecule has 0 aliphatic rings. The second-order valence-electron chi connectivity index (χ2n) is 3.48. The van der Waals surface area contributed by atoms with Crippen LogP contribution in [0.1, 0.15) is 17.3 Å². The molecule has 0 aliphatic carbocycles. The van der Waals surface area contributed by atoms with Crippen molar-refractivity contribution in [1.82, 2.24) is 5.32 Å². The van der Waals surface area contributed by atoms with Gasteiger partial charge in [0, 0.05) is 12.1 Å². The predicted octanol–water partition coefficient (Wildman–Crippen LogP) is 1.81. The molecular formula is C11H12ClN3O. The van der Waals surface area contributed by atoms with Gasteiger partial charge >= 0.3 is 0 Å². The van der Waals surface area contributed by atoms with E-state index in [1.54, 1.807) is 19.1 Å². The summed E-state index contributed by atoms with van der Waals surface area (Å²) in [5, 5.41) is 11.6. The molecule has 0 bridgehead atoms. The van der Waals surface area contributed by atoms with Gasteiger partial charge in [-0.3, -0.25) is 4.79 Å². The average Bonchev–Trinajstić information content (AvgIpc) is 2.29. The van der Waals surface area contributed by atoms with Crippen molar-refractivity contribution in [1.29, 1.82) is 5.26 Å². The third-order valence-corrected chi connectivity index (χ3v) is 2.39. The first-order valence-electron chi connectivity index (χ1n) is 4.77. The number of nitrogens with two attached hydrogens (primary N) is 1. The smallest absolute Gasteiger partial charge is 0.251 e. The summed E-state index contributed by atoms with van der Waals surface area (Å²) >= 11 is 5.74. The number of hydrogen-bond donors (Lipinski definition) is 2. The van der Waals surface area contributed by atoms with Gasteiger partial charge in [0.25, 0.3) is 5.91 Å². The Bertz CT molecular complexity index is 439. The van der Waals surface area contributed by atoms with Gasteiger partial charge in [-0.15, -0.1) is 0 Å². The standard InChI is InChI=1S/C11H12ClN3O/c1-7(5-13)6-15-11(16)8-2-3-9(12)10(14)4-8/h2-4,7H,6,14H2,1H3,(H,15,16). The van der Waals surface area contributed by atoms with Crippen LogP contribution in [0.3, 0.4) is 0 Å². The van der Waals surface area contributed by atoms with Gasteiger partial charge in [-0.05, 0) is 25.1 Å². The first-order chi connectivity index (χ1) is 7.54. The SMILES string of the molecule is CC(C#N)CNC(=O)c1ccc(Cl)c(N)c1. The lowest BCUT2D eigenvalue weighted by Gasteiger charge is -2.07. The van der Waals surface area contributed by atoms with Crippen molar-refractivity contribution >= 4 is 23.2 Å². The van der Waals surface area contributed by atoms with Gasteiger partial charge in [0.2, 0.25) is 0 Å². The van der Waals surface area contributed by atoms with Crippen LogP contribution in [0, 0.1) is 17.2 Å². The maximum atomic E-state index is 11.6. The molecule has 1 unspecified atom stereocenters. The zero-order valence-electron chi connectivity index (χ0n) is 8.83. The molecule has 5 heteroatoms. The summed E-state index contributed by atoms with van der Waals surface area (Å²) in [4.78, 5) is 11.6. The van der Waals surface area contributed by atoms with E-state index in [2.05, 4.69) is 5.32 Å². The number of amides is 1. The number of nitriles is 1. The summed E-state index contributed by atoms with van der Waals surface area (Å²) in [7, 11) is 0. The van der Waals surface area contributed by atoms with Gasteiger partial charge in [0.1, 0.15) is 0 Å². The Hall–Kier alpha value is -1.73. The van der Waals surface area contributed by atoms with Crippen molar-refractivity contribution < 1.29 is 4.79 Å². The molecule has 1 aromatic rings.